The van der Waals surface area contributed by atoms with Gasteiger partial charge in [0.15, 0.2) is 0 Å². The van der Waals surface area contributed by atoms with Crippen molar-refractivity contribution < 1.29 is 4.79 Å². The summed E-state index contributed by atoms with van der Waals surface area (Å²) < 4.78 is 1.11. The average Bonchev–Trinajstić information content (AvgIpc) is 3.34. The second-order valence-corrected chi connectivity index (χ2v) is 6.92. The number of carbonyl (C=O) groups excluding carboxylic acids is 1. The molecule has 1 aliphatic carbocycles. The molecular weight excluding hydrogens is 342 g/mol. The smallest absolute Gasteiger partial charge is 0.307 e. The minimum Gasteiger partial charge on any atom is -0.307 e. The van der Waals surface area contributed by atoms with Crippen molar-refractivity contribution in [2.45, 2.75) is 32.2 Å². The zero-order valence-electron chi connectivity index (χ0n) is 13.4. The van der Waals surface area contributed by atoms with Crippen molar-refractivity contribution in [3.63, 3.8) is 0 Å². The van der Waals surface area contributed by atoms with Crippen LogP contribution in [0.2, 0.25) is 0 Å². The largest absolute Gasteiger partial charge is 0.328 e. The zero-order valence-corrected chi connectivity index (χ0v) is 14.2. The van der Waals surface area contributed by atoms with Gasteiger partial charge in [-0.3, -0.25) is 19.5 Å². The number of nitrogens with one attached hydrogen (secondary N) is 2. The highest BCUT2D eigenvalue weighted by Gasteiger charge is 2.27. The third-order valence-corrected chi connectivity index (χ3v) is 5.15. The third-order valence-electron chi connectivity index (χ3n) is 4.15. The number of amides is 1. The lowest BCUT2D eigenvalue weighted by Crippen LogP contribution is -2.34. The second-order valence-electron chi connectivity index (χ2n) is 5.91. The maximum Gasteiger partial charge on any atom is 0.328 e. The molecule has 0 saturated heterocycles. The first-order valence-corrected chi connectivity index (χ1v) is 8.80. The second kappa shape index (κ2) is 5.92. The molecule has 3 aromatic rings. The molecule has 2 heterocycles. The minimum absolute atomic E-state index is 0.284. The van der Waals surface area contributed by atoms with Crippen molar-refractivity contribution >= 4 is 33.3 Å². The van der Waals surface area contributed by atoms with Gasteiger partial charge in [-0.05, 0) is 38.0 Å². The monoisotopic (exact) mass is 357 g/mol. The Labute approximate surface area is 145 Å². The molecule has 128 valence electrons. The lowest BCUT2D eigenvalue weighted by atomic mass is 10.1. The molecule has 1 aromatic carbocycles. The number of benzene rings is 1. The molecule has 25 heavy (non-hydrogen) atoms. The van der Waals surface area contributed by atoms with E-state index in [0.29, 0.717) is 27.5 Å². The molecule has 0 unspecified atom stereocenters. The molecule has 2 aromatic heterocycles. The summed E-state index contributed by atoms with van der Waals surface area (Å²) in [6.45, 7) is 2.01. The maximum atomic E-state index is 12.4. The SMILES string of the molecule is CCn1c(=O)[nH]c2cc(C(=O)Nc3nnc(C4CC4)s3)ccc2c1=O. The average molecular weight is 357 g/mol. The van der Waals surface area contributed by atoms with Crippen molar-refractivity contribution in [1.82, 2.24) is 19.7 Å². The van der Waals surface area contributed by atoms with E-state index in [1.165, 1.54) is 17.4 Å². The fraction of sp³-hybridized carbons (Fsp3) is 0.312. The summed E-state index contributed by atoms with van der Waals surface area (Å²) >= 11 is 1.37. The van der Waals surface area contributed by atoms with E-state index in [4.69, 9.17) is 0 Å². The Morgan fingerprint density at radius 2 is 2.16 bits per heavy atom. The standard InChI is InChI=1S/C16H15N5O3S/c1-2-21-14(23)10-6-5-9(7-11(10)17-16(21)24)12(22)18-15-20-19-13(25-15)8-3-4-8/h5-8H,2-4H2,1H3,(H,17,24)(H,18,20,22). The van der Waals surface area contributed by atoms with Crippen molar-refractivity contribution in [2.24, 2.45) is 0 Å². The van der Waals surface area contributed by atoms with E-state index < -0.39 is 5.69 Å². The lowest BCUT2D eigenvalue weighted by molar-refractivity contribution is 0.102. The van der Waals surface area contributed by atoms with Crippen molar-refractivity contribution in [3.05, 3.63) is 49.6 Å². The van der Waals surface area contributed by atoms with E-state index in [1.54, 1.807) is 19.1 Å². The minimum atomic E-state index is -0.490. The van der Waals surface area contributed by atoms with Gasteiger partial charge in [0.1, 0.15) is 5.01 Å². The molecule has 0 aliphatic heterocycles. The Bertz CT molecular complexity index is 1090. The lowest BCUT2D eigenvalue weighted by Gasteiger charge is -2.05. The van der Waals surface area contributed by atoms with Gasteiger partial charge in [0.25, 0.3) is 11.5 Å². The predicted octanol–water partition coefficient (Wildman–Crippen LogP) is 1.69. The molecule has 1 fully saturated rings. The summed E-state index contributed by atoms with van der Waals surface area (Å²) in [5.41, 5.74) is -0.189. The van der Waals surface area contributed by atoms with Crippen LogP contribution in [0, 0.1) is 0 Å². The Morgan fingerprint density at radius 1 is 1.36 bits per heavy atom. The number of anilines is 1. The van der Waals surface area contributed by atoms with Crippen LogP contribution in [-0.4, -0.2) is 25.7 Å². The fourth-order valence-corrected chi connectivity index (χ4v) is 3.54. The van der Waals surface area contributed by atoms with Gasteiger partial charge in [-0.25, -0.2) is 4.79 Å². The molecule has 1 aliphatic rings. The van der Waals surface area contributed by atoms with Crippen LogP contribution < -0.4 is 16.6 Å². The van der Waals surface area contributed by atoms with Crippen molar-refractivity contribution in [3.8, 4) is 0 Å². The number of nitrogens with zero attached hydrogens (tertiary/aromatic N) is 3. The van der Waals surface area contributed by atoms with E-state index in [1.807, 2.05) is 0 Å². The van der Waals surface area contributed by atoms with Crippen LogP contribution in [0.1, 0.15) is 41.0 Å². The Kier molecular flexibility index (Phi) is 3.72. The van der Waals surface area contributed by atoms with Crippen LogP contribution in [-0.2, 0) is 6.54 Å². The van der Waals surface area contributed by atoms with E-state index >= 15 is 0 Å². The molecule has 0 spiro atoms. The van der Waals surface area contributed by atoms with Gasteiger partial charge in [-0.15, -0.1) is 10.2 Å². The van der Waals surface area contributed by atoms with Gasteiger partial charge in [0, 0.05) is 18.0 Å². The van der Waals surface area contributed by atoms with Crippen molar-refractivity contribution in [2.75, 3.05) is 5.32 Å². The Morgan fingerprint density at radius 3 is 2.88 bits per heavy atom. The first-order valence-electron chi connectivity index (χ1n) is 7.98. The summed E-state index contributed by atoms with van der Waals surface area (Å²) in [5, 5.41) is 12.5. The molecular formula is C16H15N5O3S. The van der Waals surface area contributed by atoms with E-state index in [2.05, 4.69) is 20.5 Å². The molecule has 1 saturated carbocycles. The Balaban J connectivity index is 1.65. The highest BCUT2D eigenvalue weighted by molar-refractivity contribution is 7.15. The van der Waals surface area contributed by atoms with Crippen LogP contribution in [0.25, 0.3) is 10.9 Å². The number of aromatic nitrogens is 4. The molecule has 0 radical (unpaired) electrons. The topological polar surface area (TPSA) is 110 Å². The summed E-state index contributed by atoms with van der Waals surface area (Å²) in [6, 6.07) is 4.60. The maximum absolute atomic E-state index is 12.4. The zero-order chi connectivity index (χ0) is 17.6. The highest BCUT2D eigenvalue weighted by Crippen LogP contribution is 2.42. The van der Waals surface area contributed by atoms with E-state index in [9.17, 15) is 14.4 Å². The molecule has 4 rings (SSSR count). The van der Waals surface area contributed by atoms with Crippen LogP contribution in [0.4, 0.5) is 5.13 Å². The van der Waals surface area contributed by atoms with Gasteiger partial charge >= 0.3 is 5.69 Å². The molecule has 8 nitrogen and oxygen atoms in total. The first kappa shape index (κ1) is 15.7. The molecule has 0 atom stereocenters. The summed E-state index contributed by atoms with van der Waals surface area (Å²) in [5.74, 6) is 0.121. The molecule has 9 heteroatoms. The number of carbonyl (C=O) groups is 1. The van der Waals surface area contributed by atoms with Gasteiger partial charge in [0.2, 0.25) is 5.13 Å². The number of fused-ring (bicyclic) bond motifs is 1. The number of H-pyrrole nitrogens is 1. The number of hydrogen-bond donors (Lipinski definition) is 2. The fourth-order valence-electron chi connectivity index (χ4n) is 2.63. The number of rotatable bonds is 4. The van der Waals surface area contributed by atoms with E-state index in [0.717, 1.165) is 22.4 Å². The third kappa shape index (κ3) is 2.86. The molecule has 2 N–H and O–H groups in total. The van der Waals surface area contributed by atoms with Crippen LogP contribution in [0.3, 0.4) is 0 Å². The normalized spacial score (nSPS) is 14.0. The van der Waals surface area contributed by atoms with Gasteiger partial charge in [0.05, 0.1) is 10.9 Å². The van der Waals surface area contributed by atoms with Crippen LogP contribution in [0.15, 0.2) is 27.8 Å². The highest BCUT2D eigenvalue weighted by atomic mass is 32.1. The number of hydrogen-bond acceptors (Lipinski definition) is 6. The summed E-state index contributed by atoms with van der Waals surface area (Å²) in [7, 11) is 0. The Hall–Kier alpha value is -2.81. The predicted molar refractivity (Wildman–Crippen MR) is 94.3 cm³/mol. The van der Waals surface area contributed by atoms with Gasteiger partial charge in [-0.2, -0.15) is 0 Å². The number of aromatic amines is 1. The molecule has 0 bridgehead atoms. The summed E-state index contributed by atoms with van der Waals surface area (Å²) in [6.07, 6.45) is 2.24. The van der Waals surface area contributed by atoms with Gasteiger partial charge in [-0.1, -0.05) is 11.3 Å². The van der Waals surface area contributed by atoms with Crippen LogP contribution >= 0.6 is 11.3 Å². The van der Waals surface area contributed by atoms with Crippen LogP contribution in [0.5, 0.6) is 0 Å². The molecule has 1 amide bonds. The van der Waals surface area contributed by atoms with Gasteiger partial charge < -0.3 is 4.98 Å². The first-order chi connectivity index (χ1) is 12.1. The quantitative estimate of drug-likeness (QED) is 0.738. The van der Waals surface area contributed by atoms with E-state index in [-0.39, 0.29) is 18.0 Å². The van der Waals surface area contributed by atoms with Crippen molar-refractivity contribution in [1.29, 1.82) is 0 Å². The summed E-state index contributed by atoms with van der Waals surface area (Å²) in [4.78, 5) is 39.2.